The van der Waals surface area contributed by atoms with Gasteiger partial charge in [-0.1, -0.05) is 24.3 Å². The number of esters is 1. The molecule has 0 aromatic heterocycles. The minimum atomic E-state index is -1.70. The molecule has 2 aliphatic rings. The molecular formula is C20H20Br2N2O5. The Kier molecular flexibility index (Phi) is 5.66. The number of halogens is 2. The molecule has 1 aromatic carbocycles. The summed E-state index contributed by atoms with van der Waals surface area (Å²) in [4.78, 5) is 40.1. The third-order valence-corrected chi connectivity index (χ3v) is 6.54. The van der Waals surface area contributed by atoms with Crippen LogP contribution in [0.4, 0.5) is 10.5 Å². The van der Waals surface area contributed by atoms with Crippen molar-refractivity contribution in [3.05, 3.63) is 51.4 Å². The van der Waals surface area contributed by atoms with E-state index in [-0.39, 0.29) is 11.0 Å². The van der Waals surface area contributed by atoms with Crippen LogP contribution in [0.25, 0.3) is 0 Å². The number of hydrogen-bond donors (Lipinski definition) is 1. The quantitative estimate of drug-likeness (QED) is 0.474. The number of anilines is 1. The summed E-state index contributed by atoms with van der Waals surface area (Å²) in [5.41, 5.74) is -1.40. The summed E-state index contributed by atoms with van der Waals surface area (Å²) in [6, 6.07) is 7.01. The average Bonchev–Trinajstić information content (AvgIpc) is 3.02. The largest absolute Gasteiger partial charge is 0.449 e. The van der Waals surface area contributed by atoms with Crippen LogP contribution in [0.5, 0.6) is 0 Å². The Hall–Kier alpha value is -2.13. The van der Waals surface area contributed by atoms with Gasteiger partial charge in [-0.25, -0.2) is 9.59 Å². The second-order valence-corrected chi connectivity index (χ2v) is 9.25. The summed E-state index contributed by atoms with van der Waals surface area (Å²) in [5.74, 6) is -1.10. The van der Waals surface area contributed by atoms with Gasteiger partial charge in [-0.15, -0.1) is 6.58 Å². The van der Waals surface area contributed by atoms with Gasteiger partial charge in [0.1, 0.15) is 10.1 Å². The number of nitrogens with zero attached hydrogens (tertiary/aromatic N) is 1. The maximum atomic E-state index is 13.7. The maximum Gasteiger partial charge on any atom is 0.408 e. The maximum absolute atomic E-state index is 13.7. The van der Waals surface area contributed by atoms with Gasteiger partial charge in [0, 0.05) is 12.1 Å². The van der Waals surface area contributed by atoms with Gasteiger partial charge < -0.3 is 14.4 Å². The second-order valence-electron chi connectivity index (χ2n) is 7.60. The third kappa shape index (κ3) is 3.61. The minimum Gasteiger partial charge on any atom is -0.449 e. The highest BCUT2D eigenvalue weighted by Gasteiger charge is 2.61. The summed E-state index contributed by atoms with van der Waals surface area (Å²) in [6.45, 7) is 9.08. The first kappa shape index (κ1) is 21.6. The van der Waals surface area contributed by atoms with Gasteiger partial charge in [-0.05, 0) is 58.7 Å². The molecule has 154 valence electrons. The molecule has 2 amide bonds. The third-order valence-electron chi connectivity index (χ3n) is 4.45. The lowest BCUT2D eigenvalue weighted by Crippen LogP contribution is -2.61. The molecule has 7 nitrogen and oxygen atoms in total. The van der Waals surface area contributed by atoms with Gasteiger partial charge in [-0.2, -0.15) is 0 Å². The molecule has 2 heterocycles. The zero-order chi connectivity index (χ0) is 21.6. The van der Waals surface area contributed by atoms with Gasteiger partial charge in [0.15, 0.2) is 11.6 Å². The minimum absolute atomic E-state index is 0.153. The van der Waals surface area contributed by atoms with Crippen molar-refractivity contribution in [1.82, 2.24) is 5.32 Å². The van der Waals surface area contributed by atoms with E-state index in [1.54, 1.807) is 51.1 Å². The number of para-hydroxylation sites is 1. The number of fused-ring (bicyclic) bond motifs is 1. The normalized spacial score (nSPS) is 23.8. The second kappa shape index (κ2) is 7.60. The van der Waals surface area contributed by atoms with Gasteiger partial charge in [0.05, 0.1) is 10.2 Å². The summed E-state index contributed by atoms with van der Waals surface area (Å²) in [6.07, 6.45) is -0.333. The lowest BCUT2D eigenvalue weighted by molar-refractivity contribution is -0.145. The Morgan fingerprint density at radius 1 is 1.34 bits per heavy atom. The van der Waals surface area contributed by atoms with E-state index in [9.17, 15) is 14.4 Å². The molecule has 0 aliphatic carbocycles. The Morgan fingerprint density at radius 3 is 2.55 bits per heavy atom. The Labute approximate surface area is 185 Å². The first-order chi connectivity index (χ1) is 13.5. The van der Waals surface area contributed by atoms with Crippen LogP contribution in [-0.4, -0.2) is 36.2 Å². The van der Waals surface area contributed by atoms with Crippen molar-refractivity contribution >= 4 is 55.5 Å². The number of hydrogen-bond acceptors (Lipinski definition) is 5. The van der Waals surface area contributed by atoms with Crippen LogP contribution >= 0.6 is 31.9 Å². The lowest BCUT2D eigenvalue weighted by atomic mass is 9.85. The Morgan fingerprint density at radius 2 is 2.00 bits per heavy atom. The monoisotopic (exact) mass is 526 g/mol. The van der Waals surface area contributed by atoms with Gasteiger partial charge in [0.25, 0.3) is 5.91 Å². The van der Waals surface area contributed by atoms with Crippen molar-refractivity contribution < 1.29 is 23.9 Å². The zero-order valence-corrected chi connectivity index (χ0v) is 19.3. The number of ether oxygens (including phenoxy) is 2. The molecule has 3 rings (SSSR count). The molecule has 29 heavy (non-hydrogen) atoms. The van der Waals surface area contributed by atoms with Crippen LogP contribution < -0.4 is 10.2 Å². The number of rotatable bonds is 4. The van der Waals surface area contributed by atoms with E-state index in [2.05, 4.69) is 43.8 Å². The van der Waals surface area contributed by atoms with Crippen molar-refractivity contribution in [2.45, 2.75) is 38.0 Å². The zero-order valence-electron chi connectivity index (χ0n) is 16.1. The van der Waals surface area contributed by atoms with Crippen LogP contribution in [0.2, 0.25) is 0 Å². The Bertz CT molecular complexity index is 937. The van der Waals surface area contributed by atoms with Crippen molar-refractivity contribution in [3.63, 3.8) is 0 Å². The van der Waals surface area contributed by atoms with Crippen LogP contribution in [0.3, 0.4) is 0 Å². The van der Waals surface area contributed by atoms with Crippen molar-refractivity contribution in [2.24, 2.45) is 0 Å². The van der Waals surface area contributed by atoms with Crippen LogP contribution in [0.15, 0.2) is 45.9 Å². The number of carbonyl (C=O) groups is 3. The smallest absolute Gasteiger partial charge is 0.408 e. The highest BCUT2D eigenvalue weighted by molar-refractivity contribution is 9.14. The molecule has 0 saturated heterocycles. The molecule has 0 bridgehead atoms. The molecular weight excluding hydrogens is 508 g/mol. The molecule has 0 saturated carbocycles. The van der Waals surface area contributed by atoms with Crippen molar-refractivity contribution in [2.75, 3.05) is 11.4 Å². The lowest BCUT2D eigenvalue weighted by Gasteiger charge is -2.35. The Balaban J connectivity index is 2.19. The van der Waals surface area contributed by atoms with E-state index in [1.165, 1.54) is 4.90 Å². The highest BCUT2D eigenvalue weighted by atomic mass is 79.9. The van der Waals surface area contributed by atoms with Crippen LogP contribution in [0.1, 0.15) is 26.3 Å². The van der Waals surface area contributed by atoms with Crippen molar-refractivity contribution in [3.8, 4) is 0 Å². The number of cyclic esters (lactones) is 1. The highest BCUT2D eigenvalue weighted by Crippen LogP contribution is 2.49. The van der Waals surface area contributed by atoms with Gasteiger partial charge in [-0.3, -0.25) is 10.1 Å². The topological polar surface area (TPSA) is 84.9 Å². The fraction of sp³-hybridized carbons (Fsp3) is 0.350. The van der Waals surface area contributed by atoms with E-state index in [0.29, 0.717) is 15.7 Å². The first-order valence-electron chi connectivity index (χ1n) is 8.82. The van der Waals surface area contributed by atoms with E-state index in [0.717, 1.165) is 0 Å². The summed E-state index contributed by atoms with van der Waals surface area (Å²) < 4.78 is 11.4. The van der Waals surface area contributed by atoms with Crippen LogP contribution in [0, 0.1) is 0 Å². The molecule has 2 atom stereocenters. The van der Waals surface area contributed by atoms with Crippen molar-refractivity contribution in [1.29, 1.82) is 0 Å². The number of nitrogens with one attached hydrogen (secondary N) is 1. The molecule has 9 heteroatoms. The van der Waals surface area contributed by atoms with E-state index in [1.807, 2.05) is 0 Å². The summed E-state index contributed by atoms with van der Waals surface area (Å²) >= 11 is 6.52. The molecule has 1 N–H and O–H groups in total. The molecule has 0 fully saturated rings. The first-order valence-corrected chi connectivity index (χ1v) is 10.4. The standard InChI is InChI=1S/C20H20Br2N2O5/c1-5-10-24-12-9-7-6-8-11(12)20(17(24)26,23-18(27)29-19(2,3)4)15-13(21)14(22)16(25)28-15/h5-9,15H,1,10H2,2-4H3,(H,23,27)/t15-,20+/m0/s1. The molecule has 2 aliphatic heterocycles. The number of amides is 2. The fourth-order valence-corrected chi connectivity index (χ4v) is 4.30. The van der Waals surface area contributed by atoms with Crippen LogP contribution in [-0.2, 0) is 24.6 Å². The van der Waals surface area contributed by atoms with E-state index >= 15 is 0 Å². The van der Waals surface area contributed by atoms with E-state index in [4.69, 9.17) is 9.47 Å². The van der Waals surface area contributed by atoms with Gasteiger partial charge in [0.2, 0.25) is 0 Å². The van der Waals surface area contributed by atoms with E-state index < -0.39 is 35.2 Å². The average molecular weight is 528 g/mol. The molecule has 1 aromatic rings. The summed E-state index contributed by atoms with van der Waals surface area (Å²) in [7, 11) is 0. The molecule has 0 radical (unpaired) electrons. The SMILES string of the molecule is C=CCN1C(=O)[C@](NC(=O)OC(C)(C)C)([C@H]2OC(=O)C(Br)=C2Br)c2ccccc21. The number of carbonyl (C=O) groups excluding carboxylic acids is 3. The predicted molar refractivity (Wildman–Crippen MR) is 115 cm³/mol. The fourth-order valence-electron chi connectivity index (χ4n) is 3.40. The van der Waals surface area contributed by atoms with Gasteiger partial charge >= 0.3 is 12.1 Å². The predicted octanol–water partition coefficient (Wildman–Crippen LogP) is 3.87. The summed E-state index contributed by atoms with van der Waals surface area (Å²) in [5, 5.41) is 2.71. The number of benzene rings is 1. The molecule has 0 spiro atoms. The molecule has 0 unspecified atom stereocenters. The number of alkyl carbamates (subject to hydrolysis) is 1.